The van der Waals surface area contributed by atoms with E-state index >= 15 is 0 Å². The number of piperidine rings is 1. The molecule has 1 aliphatic heterocycles. The van der Waals surface area contributed by atoms with Crippen molar-refractivity contribution in [2.24, 2.45) is 5.73 Å². The van der Waals surface area contributed by atoms with E-state index in [0.29, 0.717) is 12.0 Å². The van der Waals surface area contributed by atoms with Gasteiger partial charge >= 0.3 is 0 Å². The van der Waals surface area contributed by atoms with Gasteiger partial charge in [0, 0.05) is 23.8 Å². The Bertz CT molecular complexity index is 819. The van der Waals surface area contributed by atoms with Gasteiger partial charge in [-0.1, -0.05) is 18.7 Å². The summed E-state index contributed by atoms with van der Waals surface area (Å²) >= 11 is 0. The van der Waals surface area contributed by atoms with E-state index in [9.17, 15) is 15.0 Å². The number of primary amides is 1. The average molecular weight is 355 g/mol. The lowest BCUT2D eigenvalue weighted by Gasteiger charge is -2.64. The van der Waals surface area contributed by atoms with Gasteiger partial charge in [-0.3, -0.25) is 4.79 Å². The second-order valence-electron chi connectivity index (χ2n) is 8.42. The zero-order valence-electron chi connectivity index (χ0n) is 15.2. The van der Waals surface area contributed by atoms with Crippen LogP contribution >= 0.6 is 0 Å². The molecule has 1 amide bonds. The number of benzene rings is 1. The first-order valence-corrected chi connectivity index (χ1v) is 9.24. The Morgan fingerprint density at radius 2 is 2.27 bits per heavy atom. The fourth-order valence-corrected chi connectivity index (χ4v) is 5.73. The minimum Gasteiger partial charge on any atom is -0.389 e. The molecule has 3 aliphatic rings. The summed E-state index contributed by atoms with van der Waals surface area (Å²) in [6.07, 6.45) is 6.76. The Hall–Kier alpha value is -1.95. The number of rotatable bonds is 3. The molecule has 26 heavy (non-hydrogen) atoms. The predicted molar refractivity (Wildman–Crippen MR) is 99.6 cm³/mol. The van der Waals surface area contributed by atoms with Crippen molar-refractivity contribution in [3.8, 4) is 0 Å². The molecule has 2 aliphatic carbocycles. The number of likely N-dealkylation sites (N-methyl/N-ethyl adjacent to an activating group) is 1. The number of hydrogen-bond acceptors (Lipinski definition) is 3. The lowest BCUT2D eigenvalue weighted by atomic mass is 9.50. The van der Waals surface area contributed by atoms with Gasteiger partial charge in [0.1, 0.15) is 11.6 Å². The quantitative estimate of drug-likeness (QED) is 0.559. The van der Waals surface area contributed by atoms with Gasteiger partial charge in [0.2, 0.25) is 5.91 Å². The van der Waals surface area contributed by atoms with E-state index in [0.717, 1.165) is 41.5 Å². The highest BCUT2D eigenvalue weighted by Crippen LogP contribution is 2.57. The summed E-state index contributed by atoms with van der Waals surface area (Å²) in [5.41, 5.74) is 6.41. The summed E-state index contributed by atoms with van der Waals surface area (Å²) < 4.78 is 0.721. The van der Waals surface area contributed by atoms with E-state index in [-0.39, 0.29) is 6.04 Å². The summed E-state index contributed by atoms with van der Waals surface area (Å²) in [5.74, 6) is -0.468. The molecule has 1 heterocycles. The fourth-order valence-electron chi connectivity index (χ4n) is 5.73. The number of nitrogens with two attached hydrogens (primary N) is 1. The van der Waals surface area contributed by atoms with Crippen LogP contribution in [0.1, 0.15) is 34.3 Å². The third kappa shape index (κ3) is 2.11. The van der Waals surface area contributed by atoms with Crippen molar-refractivity contribution in [1.82, 2.24) is 0 Å². The molecule has 1 saturated heterocycles. The first kappa shape index (κ1) is 17.5. The van der Waals surface area contributed by atoms with Crippen LogP contribution in [0.3, 0.4) is 0 Å². The second-order valence-corrected chi connectivity index (χ2v) is 8.42. The third-order valence-corrected chi connectivity index (χ3v) is 7.08. The Kier molecular flexibility index (Phi) is 3.71. The molecule has 4 N–H and O–H groups in total. The zero-order valence-corrected chi connectivity index (χ0v) is 15.2. The number of carbonyl (C=O) groups is 1. The molecule has 1 fully saturated rings. The molecule has 0 saturated carbocycles. The smallest absolute Gasteiger partial charge is 0.248 e. The second kappa shape index (κ2) is 5.52. The van der Waals surface area contributed by atoms with Crippen molar-refractivity contribution in [3.63, 3.8) is 0 Å². The number of aliphatic hydroxyl groups is 2. The standard InChI is InChI=1S/C21H26N2O3/c1-3-9-23(2)10-8-20-13-16(24)6-7-21(20,26)18(23)12-14-4-5-15(19(22)25)11-17(14)20/h3-7,11,16,18,24,26H,1,8-10,12-13H2,2H3,(H-,22,25)/p+1/t16?,18-,20-,21-,23?/m1/s1. The number of carbonyl (C=O) groups excluding carboxylic acids is 1. The van der Waals surface area contributed by atoms with E-state index in [1.54, 1.807) is 12.1 Å². The number of fused-ring (bicyclic) bond motifs is 1. The SMILES string of the molecule is C=CC[N+]1(C)CC[C@]23CC(O)C=C[C@@]2(O)[C@H]1Cc1ccc(C(N)=O)cc13. The Labute approximate surface area is 154 Å². The summed E-state index contributed by atoms with van der Waals surface area (Å²) in [5, 5.41) is 22.3. The molecule has 0 radical (unpaired) electrons. The third-order valence-electron chi connectivity index (χ3n) is 7.08. The molecule has 1 aromatic rings. The van der Waals surface area contributed by atoms with Crippen LogP contribution in [0.2, 0.25) is 0 Å². The van der Waals surface area contributed by atoms with Crippen LogP contribution < -0.4 is 5.73 Å². The van der Waals surface area contributed by atoms with Gasteiger partial charge in [0.15, 0.2) is 0 Å². The van der Waals surface area contributed by atoms with Gasteiger partial charge in [-0.15, -0.1) is 0 Å². The summed E-state index contributed by atoms with van der Waals surface area (Å²) in [7, 11) is 2.18. The summed E-state index contributed by atoms with van der Waals surface area (Å²) in [4.78, 5) is 11.7. The number of aliphatic hydroxyl groups excluding tert-OH is 1. The number of hydrogen-bond donors (Lipinski definition) is 3. The lowest BCUT2D eigenvalue weighted by molar-refractivity contribution is -0.942. The summed E-state index contributed by atoms with van der Waals surface area (Å²) in [6, 6.07) is 5.56. The fraction of sp³-hybridized carbons (Fsp3) is 0.476. The molecule has 0 aromatic heterocycles. The highest BCUT2D eigenvalue weighted by molar-refractivity contribution is 5.93. The molecule has 0 spiro atoms. The van der Waals surface area contributed by atoms with Crippen molar-refractivity contribution in [2.45, 2.75) is 42.4 Å². The maximum absolute atomic E-state index is 12.0. The topological polar surface area (TPSA) is 83.6 Å². The Morgan fingerprint density at radius 1 is 1.50 bits per heavy atom. The van der Waals surface area contributed by atoms with E-state index in [1.807, 2.05) is 24.3 Å². The van der Waals surface area contributed by atoms with E-state index in [2.05, 4.69) is 13.6 Å². The first-order valence-electron chi connectivity index (χ1n) is 9.24. The van der Waals surface area contributed by atoms with Gasteiger partial charge in [-0.2, -0.15) is 0 Å². The van der Waals surface area contributed by atoms with Crippen molar-refractivity contribution in [3.05, 3.63) is 59.7 Å². The van der Waals surface area contributed by atoms with Crippen LogP contribution in [0.25, 0.3) is 0 Å². The van der Waals surface area contributed by atoms with Crippen molar-refractivity contribution < 1.29 is 19.5 Å². The molecule has 1 aromatic carbocycles. The monoisotopic (exact) mass is 355 g/mol. The predicted octanol–water partition coefficient (Wildman–Crippen LogP) is 1.04. The van der Waals surface area contributed by atoms with Gasteiger partial charge in [-0.05, 0) is 41.8 Å². The van der Waals surface area contributed by atoms with Gasteiger partial charge < -0.3 is 20.4 Å². The largest absolute Gasteiger partial charge is 0.389 e. The van der Waals surface area contributed by atoms with E-state index in [1.165, 1.54) is 0 Å². The van der Waals surface area contributed by atoms with E-state index in [4.69, 9.17) is 5.73 Å². The van der Waals surface area contributed by atoms with Crippen molar-refractivity contribution in [1.29, 1.82) is 0 Å². The van der Waals surface area contributed by atoms with Gasteiger partial charge in [0.05, 0.1) is 26.2 Å². The maximum atomic E-state index is 12.0. The zero-order chi connectivity index (χ0) is 18.7. The van der Waals surface area contributed by atoms with Crippen LogP contribution in [0, 0.1) is 0 Å². The van der Waals surface area contributed by atoms with Crippen LogP contribution in [0.15, 0.2) is 43.0 Å². The van der Waals surface area contributed by atoms with Gasteiger partial charge in [0.25, 0.3) is 0 Å². The number of nitrogens with zero attached hydrogens (tertiary/aromatic N) is 1. The van der Waals surface area contributed by atoms with Crippen LogP contribution in [-0.4, -0.2) is 58.5 Å². The lowest BCUT2D eigenvalue weighted by Crippen LogP contribution is -2.77. The number of likely N-dealkylation sites (tertiary alicyclic amines) is 1. The number of quaternary nitrogens is 1. The number of amides is 1. The molecular weight excluding hydrogens is 328 g/mol. The van der Waals surface area contributed by atoms with Crippen LogP contribution in [0.5, 0.6) is 0 Å². The first-order chi connectivity index (χ1) is 12.3. The molecule has 138 valence electrons. The molecular formula is C21H27N2O3+. The van der Waals surface area contributed by atoms with E-state index < -0.39 is 23.0 Å². The molecule has 2 bridgehead atoms. The Morgan fingerprint density at radius 3 is 2.96 bits per heavy atom. The Balaban J connectivity index is 1.97. The molecule has 5 atom stereocenters. The maximum Gasteiger partial charge on any atom is 0.248 e. The highest BCUT2D eigenvalue weighted by atomic mass is 16.3. The summed E-state index contributed by atoms with van der Waals surface area (Å²) in [6.45, 7) is 5.59. The minimum atomic E-state index is -1.06. The average Bonchev–Trinajstić information content (AvgIpc) is 2.59. The van der Waals surface area contributed by atoms with Crippen molar-refractivity contribution in [2.75, 3.05) is 20.1 Å². The molecule has 2 unspecified atom stereocenters. The molecule has 5 nitrogen and oxygen atoms in total. The van der Waals surface area contributed by atoms with Crippen LogP contribution in [-0.2, 0) is 11.8 Å². The van der Waals surface area contributed by atoms with Crippen LogP contribution in [0.4, 0.5) is 0 Å². The highest BCUT2D eigenvalue weighted by Gasteiger charge is 2.67. The van der Waals surface area contributed by atoms with Gasteiger partial charge in [-0.25, -0.2) is 0 Å². The minimum absolute atomic E-state index is 0.0232. The van der Waals surface area contributed by atoms with Crippen molar-refractivity contribution >= 4 is 5.91 Å². The normalized spacial score (nSPS) is 40.4. The molecule has 5 heteroatoms. The molecule has 4 rings (SSSR count).